The number of nitrogens with one attached hydrogen (secondary N) is 1. The van der Waals surface area contributed by atoms with Gasteiger partial charge in [0.05, 0.1) is 23.2 Å². The molecule has 0 fully saturated rings. The molecule has 1 aromatic heterocycles. The Morgan fingerprint density at radius 2 is 1.59 bits per heavy atom. The summed E-state index contributed by atoms with van der Waals surface area (Å²) in [5, 5.41) is 3.10. The molecule has 0 aliphatic carbocycles. The van der Waals surface area contributed by atoms with Gasteiger partial charge in [0.2, 0.25) is 5.91 Å². The Morgan fingerprint density at radius 1 is 1.00 bits per heavy atom. The Morgan fingerprint density at radius 3 is 2.12 bits per heavy atom. The number of thiophene rings is 1. The highest BCUT2D eigenvalue weighted by molar-refractivity contribution is 7.95. The van der Waals surface area contributed by atoms with Crippen molar-refractivity contribution in [3.8, 4) is 11.1 Å². The number of anilines is 1. The number of alkyl halides is 3. The van der Waals surface area contributed by atoms with E-state index in [-0.39, 0.29) is 11.5 Å². The van der Waals surface area contributed by atoms with Crippen molar-refractivity contribution in [1.82, 2.24) is 0 Å². The van der Waals surface area contributed by atoms with Crippen molar-refractivity contribution in [1.29, 1.82) is 0 Å². The summed E-state index contributed by atoms with van der Waals surface area (Å²) in [5.41, 5.74) is 1.25. The second-order valence-electron chi connectivity index (χ2n) is 7.18. The third kappa shape index (κ3) is 6.48. The summed E-state index contributed by atoms with van der Waals surface area (Å²) < 4.78 is 43.0. The fourth-order valence-electron chi connectivity index (χ4n) is 3.03. The average Bonchev–Trinajstić information content (AvgIpc) is 3.20. The first-order chi connectivity index (χ1) is 16.1. The molecular weight excluding hydrogens is 487 g/mol. The van der Waals surface area contributed by atoms with Gasteiger partial charge in [0.1, 0.15) is 10.8 Å². The van der Waals surface area contributed by atoms with Crippen LogP contribution in [0.15, 0.2) is 54.6 Å². The lowest BCUT2D eigenvalue weighted by atomic mass is 9.99. The quantitative estimate of drug-likeness (QED) is 0.283. The molecule has 3 rings (SSSR count). The molecule has 0 unspecified atom stereocenters. The zero-order chi connectivity index (χ0) is 24.9. The molecule has 178 valence electrons. The van der Waals surface area contributed by atoms with Crippen molar-refractivity contribution >= 4 is 46.0 Å². The minimum atomic E-state index is -4.40. The molecular formula is C24H20F3NO4S2. The van der Waals surface area contributed by atoms with E-state index < -0.39 is 23.6 Å². The van der Waals surface area contributed by atoms with Gasteiger partial charge >= 0.3 is 12.1 Å². The monoisotopic (exact) mass is 507 g/mol. The van der Waals surface area contributed by atoms with E-state index in [4.69, 9.17) is 4.18 Å². The SMILES string of the molecule is CCc1cc(C(=O)c2ccc(-c3ccc(C(F)(F)F)cc3)cc2)c(NC(=O)CSOC(C)=O)s1. The van der Waals surface area contributed by atoms with Crippen LogP contribution in [0.1, 0.15) is 40.2 Å². The van der Waals surface area contributed by atoms with Crippen LogP contribution >= 0.6 is 23.4 Å². The lowest BCUT2D eigenvalue weighted by Crippen LogP contribution is -2.16. The van der Waals surface area contributed by atoms with Gasteiger partial charge in [-0.2, -0.15) is 13.2 Å². The molecule has 3 aromatic rings. The third-order valence-corrected chi connectivity index (χ3v) is 6.62. The zero-order valence-corrected chi connectivity index (χ0v) is 19.8. The Hall–Kier alpha value is -3.11. The molecule has 1 amide bonds. The maximum atomic E-state index is 13.1. The van der Waals surface area contributed by atoms with E-state index in [0.29, 0.717) is 45.7 Å². The summed E-state index contributed by atoms with van der Waals surface area (Å²) in [4.78, 5) is 37.1. The Bertz CT molecular complexity index is 1190. The second kappa shape index (κ2) is 10.9. The molecule has 0 atom stereocenters. The molecule has 0 spiro atoms. The molecule has 5 nitrogen and oxygen atoms in total. The third-order valence-electron chi connectivity index (χ3n) is 4.69. The maximum Gasteiger partial charge on any atom is 0.416 e. The number of amides is 1. The molecule has 2 aromatic carbocycles. The number of rotatable bonds is 8. The van der Waals surface area contributed by atoms with Gasteiger partial charge in [-0.15, -0.1) is 11.3 Å². The first kappa shape index (κ1) is 25.5. The first-order valence-corrected chi connectivity index (χ1v) is 11.9. The average molecular weight is 508 g/mol. The van der Waals surface area contributed by atoms with Crippen LogP contribution in [-0.4, -0.2) is 23.4 Å². The normalized spacial score (nSPS) is 11.2. The van der Waals surface area contributed by atoms with Crippen molar-refractivity contribution in [2.75, 3.05) is 11.1 Å². The van der Waals surface area contributed by atoms with Crippen LogP contribution < -0.4 is 5.32 Å². The van der Waals surface area contributed by atoms with Crippen LogP contribution in [0.2, 0.25) is 0 Å². The summed E-state index contributed by atoms with van der Waals surface area (Å²) in [6.45, 7) is 3.17. The second-order valence-corrected chi connectivity index (χ2v) is 9.00. The molecule has 1 heterocycles. The highest BCUT2D eigenvalue weighted by Gasteiger charge is 2.30. The number of hydrogen-bond acceptors (Lipinski definition) is 6. The van der Waals surface area contributed by atoms with Gasteiger partial charge in [-0.1, -0.05) is 43.3 Å². The Kier molecular flexibility index (Phi) is 8.16. The molecule has 0 radical (unpaired) electrons. The molecule has 10 heteroatoms. The van der Waals surface area contributed by atoms with Crippen LogP contribution in [-0.2, 0) is 26.4 Å². The zero-order valence-electron chi connectivity index (χ0n) is 18.2. The van der Waals surface area contributed by atoms with E-state index in [1.165, 1.54) is 30.4 Å². The van der Waals surface area contributed by atoms with Gasteiger partial charge in [-0.3, -0.25) is 14.4 Å². The van der Waals surface area contributed by atoms with Gasteiger partial charge in [0, 0.05) is 17.4 Å². The van der Waals surface area contributed by atoms with Gasteiger partial charge in [0.15, 0.2) is 5.78 Å². The van der Waals surface area contributed by atoms with Crippen LogP contribution in [0.5, 0.6) is 0 Å². The lowest BCUT2D eigenvalue weighted by Gasteiger charge is -2.09. The van der Waals surface area contributed by atoms with Gasteiger partial charge in [-0.05, 0) is 35.7 Å². The minimum absolute atomic E-state index is 0.117. The number of ketones is 1. The fourth-order valence-corrected chi connectivity index (χ4v) is 4.44. The molecule has 0 aliphatic rings. The highest BCUT2D eigenvalue weighted by atomic mass is 32.2. The molecule has 34 heavy (non-hydrogen) atoms. The van der Waals surface area contributed by atoms with E-state index in [1.807, 2.05) is 6.92 Å². The molecule has 1 N–H and O–H groups in total. The number of carbonyl (C=O) groups excluding carboxylic acids is 3. The molecule has 0 bridgehead atoms. The summed E-state index contributed by atoms with van der Waals surface area (Å²) >= 11 is 2.00. The van der Waals surface area contributed by atoms with E-state index >= 15 is 0 Å². The van der Waals surface area contributed by atoms with Crippen LogP contribution in [0.4, 0.5) is 18.2 Å². The minimum Gasteiger partial charge on any atom is -0.391 e. The molecule has 0 saturated carbocycles. The number of aryl methyl sites for hydroxylation is 1. The molecule has 0 saturated heterocycles. The van der Waals surface area contributed by atoms with E-state index in [1.54, 1.807) is 30.3 Å². The van der Waals surface area contributed by atoms with Crippen molar-refractivity contribution in [3.05, 3.63) is 76.2 Å². The number of benzene rings is 2. The van der Waals surface area contributed by atoms with Crippen molar-refractivity contribution in [3.63, 3.8) is 0 Å². The highest BCUT2D eigenvalue weighted by Crippen LogP contribution is 2.33. The number of hydrogen-bond donors (Lipinski definition) is 1. The van der Waals surface area contributed by atoms with Gasteiger partial charge in [-0.25, -0.2) is 0 Å². The van der Waals surface area contributed by atoms with Crippen molar-refractivity contribution < 1.29 is 31.7 Å². The Labute approximate surface area is 202 Å². The van der Waals surface area contributed by atoms with Crippen molar-refractivity contribution in [2.24, 2.45) is 0 Å². The van der Waals surface area contributed by atoms with E-state index in [0.717, 1.165) is 17.0 Å². The van der Waals surface area contributed by atoms with Crippen molar-refractivity contribution in [2.45, 2.75) is 26.4 Å². The van der Waals surface area contributed by atoms with E-state index in [9.17, 15) is 27.6 Å². The van der Waals surface area contributed by atoms with Crippen LogP contribution in [0, 0.1) is 0 Å². The summed E-state index contributed by atoms with van der Waals surface area (Å²) in [5.74, 6) is -1.34. The fraction of sp³-hybridized carbons (Fsp3) is 0.208. The summed E-state index contributed by atoms with van der Waals surface area (Å²) in [7, 11) is 0. The van der Waals surface area contributed by atoms with Gasteiger partial charge in [0.25, 0.3) is 0 Å². The van der Waals surface area contributed by atoms with Crippen LogP contribution in [0.25, 0.3) is 11.1 Å². The van der Waals surface area contributed by atoms with Gasteiger partial charge < -0.3 is 9.50 Å². The lowest BCUT2D eigenvalue weighted by molar-refractivity contribution is -0.137. The Balaban J connectivity index is 1.77. The standard InChI is InChI=1S/C24H20F3NO4S2/c1-3-19-12-20(23(34-19)28-21(30)13-33-32-14(2)29)22(31)17-6-4-15(5-7-17)16-8-10-18(11-9-16)24(25,26)27/h4-12H,3,13H2,1-2H3,(H,28,30). The predicted octanol–water partition coefficient (Wildman–Crippen LogP) is 6.38. The smallest absolute Gasteiger partial charge is 0.391 e. The largest absolute Gasteiger partial charge is 0.416 e. The molecule has 0 aliphatic heterocycles. The maximum absolute atomic E-state index is 13.1. The van der Waals surface area contributed by atoms with E-state index in [2.05, 4.69) is 5.32 Å². The number of halogens is 3. The first-order valence-electron chi connectivity index (χ1n) is 10.1. The van der Waals surface area contributed by atoms with Crippen LogP contribution in [0.3, 0.4) is 0 Å². The number of carbonyl (C=O) groups is 3. The predicted molar refractivity (Wildman–Crippen MR) is 127 cm³/mol. The topological polar surface area (TPSA) is 72.5 Å². The summed E-state index contributed by atoms with van der Waals surface area (Å²) in [6, 6.07) is 13.0. The summed E-state index contributed by atoms with van der Waals surface area (Å²) in [6.07, 6.45) is -3.73.